The Balaban J connectivity index is 3.19. The average molecular weight is 277 g/mol. The van der Waals surface area contributed by atoms with Crippen LogP contribution in [0.25, 0.3) is 0 Å². The summed E-state index contributed by atoms with van der Waals surface area (Å²) in [6, 6.07) is 6.84. The predicted octanol–water partition coefficient (Wildman–Crippen LogP) is 0.959. The quantitative estimate of drug-likeness (QED) is 0.804. The van der Waals surface area contributed by atoms with Gasteiger partial charge in [0.05, 0.1) is 18.3 Å². The minimum atomic E-state index is -3.73. The minimum Gasteiger partial charge on any atom is -0.320 e. The second-order valence-electron chi connectivity index (χ2n) is 3.97. The third-order valence-corrected chi connectivity index (χ3v) is 3.94. The van der Waals surface area contributed by atoms with Gasteiger partial charge in [-0.1, -0.05) is 17.9 Å². The Morgan fingerprint density at radius 2 is 2.16 bits per heavy atom. The molecule has 0 aliphatic heterocycles. The van der Waals surface area contributed by atoms with E-state index in [0.717, 1.165) is 5.56 Å². The van der Waals surface area contributed by atoms with Gasteiger partial charge in [0, 0.05) is 5.56 Å². The van der Waals surface area contributed by atoms with E-state index in [-0.39, 0.29) is 6.54 Å². The molecular weight excluding hydrogens is 262 g/mol. The molecule has 1 rings (SSSR count). The molecule has 0 aliphatic rings. The van der Waals surface area contributed by atoms with Crippen molar-refractivity contribution < 1.29 is 8.42 Å². The summed E-state index contributed by atoms with van der Waals surface area (Å²) >= 11 is 0. The second-order valence-corrected chi connectivity index (χ2v) is 5.97. The number of benzene rings is 1. The fraction of sp³-hybridized carbons (Fsp3) is 0.308. The molecular formula is C13H15N3O2S. The summed E-state index contributed by atoms with van der Waals surface area (Å²) in [6.07, 6.45) is 0. The van der Waals surface area contributed by atoms with Gasteiger partial charge in [-0.15, -0.1) is 0 Å². The first kappa shape index (κ1) is 15.0. The number of nitrogens with zero attached hydrogens (tertiary/aromatic N) is 1. The number of hydrogen-bond acceptors (Lipinski definition) is 4. The number of sulfonamides is 1. The normalized spacial score (nSPS) is 11.9. The van der Waals surface area contributed by atoms with Crippen molar-refractivity contribution in [1.29, 1.82) is 5.26 Å². The van der Waals surface area contributed by atoms with Gasteiger partial charge >= 0.3 is 0 Å². The van der Waals surface area contributed by atoms with Gasteiger partial charge in [-0.05, 0) is 31.5 Å². The largest absolute Gasteiger partial charge is 0.320 e. The number of rotatable bonds is 3. The van der Waals surface area contributed by atoms with Crippen LogP contribution in [0.3, 0.4) is 0 Å². The molecule has 0 saturated carbocycles. The molecule has 19 heavy (non-hydrogen) atoms. The van der Waals surface area contributed by atoms with Crippen LogP contribution in [0.4, 0.5) is 5.69 Å². The maximum Gasteiger partial charge on any atom is 0.248 e. The number of nitrogens with one attached hydrogen (secondary N) is 1. The third-order valence-electron chi connectivity index (χ3n) is 2.40. The Hall–Kier alpha value is -2.02. The standard InChI is InChI=1S/C13H15N3O2S/c1-10-5-6-13(12(8-10)4-3-7-14)16-19(17,18)11(2)9-15/h5-6,8,11,16H,7,14H2,1-2H3. The Morgan fingerprint density at radius 1 is 1.47 bits per heavy atom. The van der Waals surface area contributed by atoms with Crippen LogP contribution in [0, 0.1) is 30.1 Å². The van der Waals surface area contributed by atoms with Crippen LogP contribution in [0.15, 0.2) is 18.2 Å². The van der Waals surface area contributed by atoms with Crippen molar-refractivity contribution in [2.75, 3.05) is 11.3 Å². The highest BCUT2D eigenvalue weighted by Crippen LogP contribution is 2.19. The minimum absolute atomic E-state index is 0.189. The van der Waals surface area contributed by atoms with E-state index >= 15 is 0 Å². The molecule has 0 radical (unpaired) electrons. The monoisotopic (exact) mass is 277 g/mol. The van der Waals surface area contributed by atoms with E-state index in [0.29, 0.717) is 11.3 Å². The third kappa shape index (κ3) is 3.99. The molecule has 6 heteroatoms. The van der Waals surface area contributed by atoms with Crippen molar-refractivity contribution in [1.82, 2.24) is 0 Å². The van der Waals surface area contributed by atoms with E-state index in [1.165, 1.54) is 6.92 Å². The highest BCUT2D eigenvalue weighted by atomic mass is 32.2. The lowest BCUT2D eigenvalue weighted by atomic mass is 10.1. The lowest BCUT2D eigenvalue weighted by Gasteiger charge is -2.11. The molecule has 0 amide bonds. The van der Waals surface area contributed by atoms with Gasteiger partial charge in [0.1, 0.15) is 0 Å². The van der Waals surface area contributed by atoms with E-state index in [1.807, 2.05) is 6.92 Å². The summed E-state index contributed by atoms with van der Waals surface area (Å²) in [5.74, 6) is 5.49. The van der Waals surface area contributed by atoms with Gasteiger partial charge in [0.15, 0.2) is 5.25 Å². The van der Waals surface area contributed by atoms with Gasteiger partial charge in [0.2, 0.25) is 10.0 Å². The summed E-state index contributed by atoms with van der Waals surface area (Å²) in [7, 11) is -3.73. The first-order valence-electron chi connectivity index (χ1n) is 5.61. The molecule has 0 spiro atoms. The summed E-state index contributed by atoms with van der Waals surface area (Å²) in [4.78, 5) is 0. The van der Waals surface area contributed by atoms with Gasteiger partial charge in [-0.3, -0.25) is 4.72 Å². The van der Waals surface area contributed by atoms with Crippen molar-refractivity contribution in [3.63, 3.8) is 0 Å². The zero-order valence-corrected chi connectivity index (χ0v) is 11.6. The summed E-state index contributed by atoms with van der Waals surface area (Å²) in [5, 5.41) is 7.55. The highest BCUT2D eigenvalue weighted by molar-refractivity contribution is 7.93. The Kier molecular flexibility index (Phi) is 4.94. The molecule has 1 aromatic rings. The smallest absolute Gasteiger partial charge is 0.248 e. The lowest BCUT2D eigenvalue weighted by Crippen LogP contribution is -2.24. The van der Waals surface area contributed by atoms with Gasteiger partial charge in [-0.25, -0.2) is 8.42 Å². The zero-order valence-electron chi connectivity index (χ0n) is 10.8. The molecule has 0 heterocycles. The van der Waals surface area contributed by atoms with E-state index < -0.39 is 15.3 Å². The van der Waals surface area contributed by atoms with Crippen LogP contribution in [0.2, 0.25) is 0 Å². The maximum atomic E-state index is 11.8. The molecule has 1 unspecified atom stereocenters. The predicted molar refractivity (Wildman–Crippen MR) is 74.7 cm³/mol. The molecule has 0 bridgehead atoms. The molecule has 1 aromatic carbocycles. The van der Waals surface area contributed by atoms with Crippen LogP contribution >= 0.6 is 0 Å². The van der Waals surface area contributed by atoms with Crippen molar-refractivity contribution in [2.45, 2.75) is 19.1 Å². The SMILES string of the molecule is Cc1ccc(NS(=O)(=O)C(C)C#N)c(C#CCN)c1. The number of hydrogen-bond donors (Lipinski definition) is 2. The lowest BCUT2D eigenvalue weighted by molar-refractivity contribution is 0.597. The molecule has 100 valence electrons. The summed E-state index contributed by atoms with van der Waals surface area (Å²) < 4.78 is 26.1. The fourth-order valence-electron chi connectivity index (χ4n) is 1.31. The molecule has 0 aromatic heterocycles. The van der Waals surface area contributed by atoms with Crippen molar-refractivity contribution >= 4 is 15.7 Å². The summed E-state index contributed by atoms with van der Waals surface area (Å²) in [5.41, 5.74) is 7.16. The van der Waals surface area contributed by atoms with Gasteiger partial charge in [0.25, 0.3) is 0 Å². The van der Waals surface area contributed by atoms with E-state index in [1.54, 1.807) is 24.3 Å². The topological polar surface area (TPSA) is 96.0 Å². The van der Waals surface area contributed by atoms with Crippen LogP contribution in [-0.4, -0.2) is 20.2 Å². The average Bonchev–Trinajstić information content (AvgIpc) is 2.37. The molecule has 3 N–H and O–H groups in total. The van der Waals surface area contributed by atoms with Crippen molar-refractivity contribution in [3.8, 4) is 17.9 Å². The molecule has 0 saturated heterocycles. The van der Waals surface area contributed by atoms with Crippen LogP contribution < -0.4 is 10.5 Å². The molecule has 5 nitrogen and oxygen atoms in total. The molecule has 1 atom stereocenters. The Morgan fingerprint density at radius 3 is 2.74 bits per heavy atom. The van der Waals surface area contributed by atoms with E-state index in [9.17, 15) is 8.42 Å². The second kappa shape index (κ2) is 6.24. The van der Waals surface area contributed by atoms with Gasteiger partial charge in [-0.2, -0.15) is 5.26 Å². The van der Waals surface area contributed by atoms with Crippen LogP contribution in [-0.2, 0) is 10.0 Å². The summed E-state index contributed by atoms with van der Waals surface area (Å²) in [6.45, 7) is 3.39. The Labute approximate surface area is 113 Å². The first-order valence-corrected chi connectivity index (χ1v) is 7.16. The first-order chi connectivity index (χ1) is 8.90. The fourth-order valence-corrected chi connectivity index (χ4v) is 2.11. The van der Waals surface area contributed by atoms with Crippen LogP contribution in [0.5, 0.6) is 0 Å². The molecule has 0 aliphatic carbocycles. The van der Waals surface area contributed by atoms with Crippen molar-refractivity contribution in [2.24, 2.45) is 5.73 Å². The molecule has 0 fully saturated rings. The highest BCUT2D eigenvalue weighted by Gasteiger charge is 2.20. The van der Waals surface area contributed by atoms with Crippen LogP contribution in [0.1, 0.15) is 18.1 Å². The van der Waals surface area contributed by atoms with E-state index in [4.69, 9.17) is 11.0 Å². The number of nitriles is 1. The maximum absolute atomic E-state index is 11.8. The Bertz CT molecular complexity index is 663. The van der Waals surface area contributed by atoms with Crippen molar-refractivity contribution in [3.05, 3.63) is 29.3 Å². The number of anilines is 1. The zero-order chi connectivity index (χ0) is 14.5. The number of aryl methyl sites for hydroxylation is 1. The van der Waals surface area contributed by atoms with E-state index in [2.05, 4.69) is 16.6 Å². The van der Waals surface area contributed by atoms with Gasteiger partial charge < -0.3 is 5.73 Å². The number of nitrogens with two attached hydrogens (primary N) is 1.